The van der Waals surface area contributed by atoms with Crippen molar-refractivity contribution in [2.24, 2.45) is 11.5 Å². The Morgan fingerprint density at radius 2 is 1.50 bits per heavy atom. The first-order valence-corrected chi connectivity index (χ1v) is 5.67. The summed E-state index contributed by atoms with van der Waals surface area (Å²) >= 11 is 0. The molecule has 0 aliphatic carbocycles. The summed E-state index contributed by atoms with van der Waals surface area (Å²) in [5.41, 5.74) is 9.96. The van der Waals surface area contributed by atoms with E-state index in [1.54, 1.807) is 0 Å². The average molecular weight is 260 g/mol. The van der Waals surface area contributed by atoms with E-state index in [1.807, 2.05) is 0 Å². The number of hydrogen-bond acceptors (Lipinski definition) is 5. The van der Waals surface area contributed by atoms with Crippen molar-refractivity contribution in [1.29, 1.82) is 0 Å². The van der Waals surface area contributed by atoms with Crippen LogP contribution in [0.4, 0.5) is 0 Å². The molecule has 18 heavy (non-hydrogen) atoms. The third-order valence-electron chi connectivity index (χ3n) is 2.03. The molecular formula is C10H20N4O4. The molecule has 8 heteroatoms. The van der Waals surface area contributed by atoms with Crippen molar-refractivity contribution in [3.8, 4) is 0 Å². The normalized spacial score (nSPS) is 11.7. The predicted octanol–water partition coefficient (Wildman–Crippen LogP) is -2.46. The molecule has 0 aliphatic heterocycles. The van der Waals surface area contributed by atoms with Crippen molar-refractivity contribution in [1.82, 2.24) is 10.6 Å². The molecule has 0 aromatic heterocycles. The van der Waals surface area contributed by atoms with Crippen molar-refractivity contribution >= 4 is 17.7 Å². The van der Waals surface area contributed by atoms with E-state index in [9.17, 15) is 14.4 Å². The van der Waals surface area contributed by atoms with Crippen LogP contribution in [0, 0.1) is 0 Å². The number of aliphatic hydroxyl groups is 1. The van der Waals surface area contributed by atoms with Gasteiger partial charge >= 0.3 is 0 Å². The lowest BCUT2D eigenvalue weighted by atomic mass is 10.2. The number of amides is 3. The fourth-order valence-electron chi connectivity index (χ4n) is 1.10. The highest BCUT2D eigenvalue weighted by molar-refractivity contribution is 5.82. The lowest BCUT2D eigenvalue weighted by Crippen LogP contribution is -2.35. The molecule has 0 bridgehead atoms. The quantitative estimate of drug-likeness (QED) is 0.230. The molecule has 0 aromatic rings. The maximum atomic E-state index is 11.2. The largest absolute Gasteiger partial charge is 0.379 e. The fraction of sp³-hybridized carbons (Fsp3) is 0.700. The molecule has 0 saturated carbocycles. The van der Waals surface area contributed by atoms with Crippen LogP contribution >= 0.6 is 0 Å². The Morgan fingerprint density at radius 1 is 1.00 bits per heavy atom. The van der Waals surface area contributed by atoms with Gasteiger partial charge in [-0.3, -0.25) is 14.4 Å². The number of nitrogens with two attached hydrogens (primary N) is 2. The third-order valence-corrected chi connectivity index (χ3v) is 2.03. The van der Waals surface area contributed by atoms with E-state index < -0.39 is 12.1 Å². The van der Waals surface area contributed by atoms with Gasteiger partial charge in [0, 0.05) is 32.4 Å². The topological polar surface area (TPSA) is 148 Å². The molecule has 0 unspecified atom stereocenters. The molecule has 0 radical (unpaired) electrons. The van der Waals surface area contributed by atoms with Crippen LogP contribution in [-0.4, -0.2) is 42.1 Å². The van der Waals surface area contributed by atoms with E-state index in [0.29, 0.717) is 0 Å². The van der Waals surface area contributed by atoms with Crippen LogP contribution < -0.4 is 22.1 Å². The average Bonchev–Trinajstić information content (AvgIpc) is 2.29. The lowest BCUT2D eigenvalue weighted by molar-refractivity contribution is -0.125. The van der Waals surface area contributed by atoms with Crippen molar-refractivity contribution in [3.05, 3.63) is 0 Å². The number of rotatable bonds is 9. The zero-order valence-electron chi connectivity index (χ0n) is 10.1. The fourth-order valence-corrected chi connectivity index (χ4v) is 1.10. The van der Waals surface area contributed by atoms with E-state index in [1.165, 1.54) is 0 Å². The SMILES string of the molecule is NC(=O)CCC(=O)NCCNC(=O)CC[C@@H](N)O. The second-order valence-corrected chi connectivity index (χ2v) is 3.77. The number of primary amides is 1. The maximum Gasteiger partial charge on any atom is 0.220 e. The summed E-state index contributed by atoms with van der Waals surface area (Å²) in [6.45, 7) is 0.552. The molecule has 0 fully saturated rings. The Kier molecular flexibility index (Phi) is 8.50. The zero-order valence-corrected chi connectivity index (χ0v) is 10.1. The second-order valence-electron chi connectivity index (χ2n) is 3.77. The Bertz CT molecular complexity index is 294. The maximum absolute atomic E-state index is 11.2. The van der Waals surface area contributed by atoms with Crippen LogP contribution in [0.1, 0.15) is 25.7 Å². The molecule has 0 aromatic carbocycles. The van der Waals surface area contributed by atoms with Gasteiger partial charge in [0.05, 0.1) is 0 Å². The first-order chi connectivity index (χ1) is 8.41. The molecule has 3 amide bonds. The third kappa shape index (κ3) is 10.8. The number of aliphatic hydroxyl groups excluding tert-OH is 1. The number of nitrogens with one attached hydrogen (secondary N) is 2. The summed E-state index contributed by atoms with van der Waals surface area (Å²) in [5.74, 6) is -1.06. The van der Waals surface area contributed by atoms with Crippen LogP contribution in [0.25, 0.3) is 0 Å². The molecule has 7 N–H and O–H groups in total. The summed E-state index contributed by atoms with van der Waals surface area (Å²) in [6.07, 6.45) is -0.622. The first-order valence-electron chi connectivity index (χ1n) is 5.67. The minimum absolute atomic E-state index is 0.00653. The summed E-state index contributed by atoms with van der Waals surface area (Å²) < 4.78 is 0. The molecule has 0 heterocycles. The Hall–Kier alpha value is -1.67. The van der Waals surface area contributed by atoms with Crippen LogP contribution in [-0.2, 0) is 14.4 Å². The van der Waals surface area contributed by atoms with E-state index >= 15 is 0 Å². The van der Waals surface area contributed by atoms with Gasteiger partial charge in [-0.05, 0) is 6.42 Å². The van der Waals surface area contributed by atoms with Crippen LogP contribution in [0.3, 0.4) is 0 Å². The molecule has 8 nitrogen and oxygen atoms in total. The molecule has 0 saturated heterocycles. The van der Waals surface area contributed by atoms with Crippen molar-refractivity contribution < 1.29 is 19.5 Å². The predicted molar refractivity (Wildman–Crippen MR) is 63.9 cm³/mol. The van der Waals surface area contributed by atoms with Gasteiger partial charge in [0.25, 0.3) is 0 Å². The summed E-state index contributed by atoms with van der Waals surface area (Å²) in [4.78, 5) is 32.7. The van der Waals surface area contributed by atoms with Crippen molar-refractivity contribution in [2.75, 3.05) is 13.1 Å². The Labute approximate surface area is 105 Å². The van der Waals surface area contributed by atoms with Gasteiger partial charge in [-0.2, -0.15) is 0 Å². The number of hydrogen-bond donors (Lipinski definition) is 5. The number of carbonyl (C=O) groups is 3. The van der Waals surface area contributed by atoms with Crippen LogP contribution in [0.2, 0.25) is 0 Å². The monoisotopic (exact) mass is 260 g/mol. The molecule has 0 aliphatic rings. The second kappa shape index (κ2) is 9.37. The van der Waals surface area contributed by atoms with Crippen molar-refractivity contribution in [2.45, 2.75) is 31.9 Å². The molecular weight excluding hydrogens is 240 g/mol. The molecule has 1 atom stereocenters. The Morgan fingerprint density at radius 3 is 1.94 bits per heavy atom. The van der Waals surface area contributed by atoms with Gasteiger partial charge < -0.3 is 27.2 Å². The molecule has 104 valence electrons. The summed E-state index contributed by atoms with van der Waals surface area (Å²) in [6, 6.07) is 0. The van der Waals surface area contributed by atoms with Crippen LogP contribution in [0.15, 0.2) is 0 Å². The van der Waals surface area contributed by atoms with Gasteiger partial charge in [0.1, 0.15) is 6.23 Å². The highest BCUT2D eigenvalue weighted by Crippen LogP contribution is 1.90. The smallest absolute Gasteiger partial charge is 0.220 e. The standard InChI is InChI=1S/C10H20N4O4/c11-7(15)1-3-9(17)13-5-6-14-10(18)4-2-8(12)16/h7,15H,1-6,11H2,(H2,12,16)(H,13,17)(H,14,18)/t7-/m0/s1. The van der Waals surface area contributed by atoms with Crippen molar-refractivity contribution in [3.63, 3.8) is 0 Å². The van der Waals surface area contributed by atoms with Gasteiger partial charge in [-0.1, -0.05) is 0 Å². The molecule has 0 spiro atoms. The minimum Gasteiger partial charge on any atom is -0.379 e. The highest BCUT2D eigenvalue weighted by atomic mass is 16.3. The summed E-state index contributed by atoms with van der Waals surface area (Å²) in [7, 11) is 0. The first kappa shape index (κ1) is 16.3. The zero-order chi connectivity index (χ0) is 14.0. The minimum atomic E-state index is -0.996. The number of carbonyl (C=O) groups excluding carboxylic acids is 3. The lowest BCUT2D eigenvalue weighted by Gasteiger charge is -2.07. The van der Waals surface area contributed by atoms with E-state index in [4.69, 9.17) is 16.6 Å². The molecule has 0 rings (SSSR count). The van der Waals surface area contributed by atoms with Gasteiger partial charge in [-0.25, -0.2) is 0 Å². The summed E-state index contributed by atoms with van der Waals surface area (Å²) in [5, 5.41) is 13.8. The van der Waals surface area contributed by atoms with E-state index in [0.717, 1.165) is 0 Å². The van der Waals surface area contributed by atoms with Gasteiger partial charge in [0.2, 0.25) is 17.7 Å². The van der Waals surface area contributed by atoms with Gasteiger partial charge in [0.15, 0.2) is 0 Å². The van der Waals surface area contributed by atoms with Gasteiger partial charge in [-0.15, -0.1) is 0 Å². The highest BCUT2D eigenvalue weighted by Gasteiger charge is 2.05. The van der Waals surface area contributed by atoms with E-state index in [2.05, 4.69) is 10.6 Å². The Balaban J connectivity index is 3.46. The van der Waals surface area contributed by atoms with Crippen LogP contribution in [0.5, 0.6) is 0 Å². The van der Waals surface area contributed by atoms with E-state index in [-0.39, 0.29) is 50.6 Å².